The largest absolute Gasteiger partial charge is 0.497 e. The first-order valence-electron chi connectivity index (χ1n) is 10.4. The quantitative estimate of drug-likeness (QED) is 0.384. The normalized spacial score (nSPS) is 11.1. The Morgan fingerprint density at radius 3 is 2.52 bits per heavy atom. The fourth-order valence-electron chi connectivity index (χ4n) is 3.65. The molecule has 2 aromatic carbocycles. The first-order chi connectivity index (χ1) is 15.9. The van der Waals surface area contributed by atoms with E-state index in [2.05, 4.69) is 4.98 Å². The maximum absolute atomic E-state index is 13.3. The molecule has 170 valence electrons. The minimum absolute atomic E-state index is 0.0744. The van der Waals surface area contributed by atoms with Crippen LogP contribution in [0.4, 0.5) is 0 Å². The van der Waals surface area contributed by atoms with E-state index in [1.807, 2.05) is 19.1 Å². The van der Waals surface area contributed by atoms with Gasteiger partial charge in [0.1, 0.15) is 5.75 Å². The van der Waals surface area contributed by atoms with Gasteiger partial charge in [-0.05, 0) is 31.2 Å². The molecule has 0 bridgehead atoms. The minimum Gasteiger partial charge on any atom is -0.497 e. The molecule has 2 heterocycles. The van der Waals surface area contributed by atoms with Crippen LogP contribution in [0.1, 0.15) is 15.9 Å². The van der Waals surface area contributed by atoms with E-state index in [-0.39, 0.29) is 36.6 Å². The van der Waals surface area contributed by atoms with Crippen LogP contribution in [0.3, 0.4) is 0 Å². The van der Waals surface area contributed by atoms with E-state index in [1.165, 1.54) is 29.7 Å². The summed E-state index contributed by atoms with van der Waals surface area (Å²) in [6, 6.07) is 14.1. The topological polar surface area (TPSA) is 97.3 Å². The molecule has 9 heteroatoms. The summed E-state index contributed by atoms with van der Waals surface area (Å²) in [6.45, 7) is 2.09. The summed E-state index contributed by atoms with van der Waals surface area (Å²) in [5.41, 5.74) is 1.38. The lowest BCUT2D eigenvalue weighted by Crippen LogP contribution is -2.41. The molecule has 0 aliphatic heterocycles. The molecule has 0 radical (unpaired) electrons. The van der Waals surface area contributed by atoms with Gasteiger partial charge in [-0.1, -0.05) is 29.8 Å². The fourth-order valence-corrected chi connectivity index (χ4v) is 3.65. The predicted molar refractivity (Wildman–Crippen MR) is 124 cm³/mol. The molecule has 9 nitrogen and oxygen atoms in total. The number of ketones is 1. The third kappa shape index (κ3) is 4.22. The number of hydrogen-bond donors (Lipinski definition) is 0. The number of aromatic nitrogens is 4. The molecular formula is C24H24N4O5. The van der Waals surface area contributed by atoms with Gasteiger partial charge in [0, 0.05) is 12.7 Å². The lowest BCUT2D eigenvalue weighted by molar-refractivity contribution is 0.0973. The molecule has 4 rings (SSSR count). The number of Topliss-reactive ketones (excluding diaryl/α,β-unsaturated/α-hetero) is 1. The van der Waals surface area contributed by atoms with E-state index in [4.69, 9.17) is 9.47 Å². The van der Waals surface area contributed by atoms with Crippen molar-refractivity contribution in [2.75, 3.05) is 20.8 Å². The van der Waals surface area contributed by atoms with Gasteiger partial charge in [-0.25, -0.2) is 14.3 Å². The average Bonchev–Trinajstić information content (AvgIpc) is 3.23. The summed E-state index contributed by atoms with van der Waals surface area (Å²) in [6.07, 6.45) is 1.41. The number of rotatable bonds is 8. The molecule has 0 saturated heterocycles. The number of nitrogens with zero attached hydrogens (tertiary/aromatic N) is 4. The third-order valence-electron chi connectivity index (χ3n) is 5.42. The summed E-state index contributed by atoms with van der Waals surface area (Å²) in [5, 5.41) is 0. The zero-order chi connectivity index (χ0) is 23.5. The molecule has 0 atom stereocenters. The highest BCUT2D eigenvalue weighted by atomic mass is 16.5. The van der Waals surface area contributed by atoms with Crippen molar-refractivity contribution in [3.8, 4) is 11.4 Å². The van der Waals surface area contributed by atoms with Gasteiger partial charge >= 0.3 is 5.69 Å². The van der Waals surface area contributed by atoms with Crippen molar-refractivity contribution in [2.24, 2.45) is 0 Å². The van der Waals surface area contributed by atoms with Crippen LogP contribution in [0.15, 0.2) is 64.4 Å². The van der Waals surface area contributed by atoms with Crippen LogP contribution in [0.5, 0.6) is 5.75 Å². The van der Waals surface area contributed by atoms with Crippen molar-refractivity contribution in [1.29, 1.82) is 0 Å². The van der Waals surface area contributed by atoms with Crippen molar-refractivity contribution in [3.05, 3.63) is 86.8 Å². The minimum atomic E-state index is -0.522. The summed E-state index contributed by atoms with van der Waals surface area (Å²) < 4.78 is 14.3. The number of ether oxygens (including phenoxy) is 2. The highest BCUT2D eigenvalue weighted by Crippen LogP contribution is 2.17. The third-order valence-corrected chi connectivity index (χ3v) is 5.42. The predicted octanol–water partition coefficient (Wildman–Crippen LogP) is 2.20. The summed E-state index contributed by atoms with van der Waals surface area (Å²) in [5.74, 6) is 0.343. The highest BCUT2D eigenvalue weighted by Gasteiger charge is 2.20. The maximum Gasteiger partial charge on any atom is 0.337 e. The molecule has 2 aromatic heterocycles. The SMILES string of the molecule is COCCn1c(=O)c2c(ncn2CC(=O)c2cccc(OC)c2)n(-c2ccc(C)cc2)c1=O. The van der Waals surface area contributed by atoms with Crippen molar-refractivity contribution >= 4 is 16.9 Å². The molecule has 0 amide bonds. The number of carbonyl (C=O) groups excluding carboxylic acids is 1. The van der Waals surface area contributed by atoms with Crippen molar-refractivity contribution < 1.29 is 14.3 Å². The van der Waals surface area contributed by atoms with E-state index in [1.54, 1.807) is 36.4 Å². The van der Waals surface area contributed by atoms with Crippen LogP contribution in [0, 0.1) is 6.92 Å². The second-order valence-electron chi connectivity index (χ2n) is 7.60. The Labute approximate surface area is 189 Å². The Hall–Kier alpha value is -3.98. The van der Waals surface area contributed by atoms with Gasteiger partial charge < -0.3 is 14.0 Å². The summed E-state index contributed by atoms with van der Waals surface area (Å²) >= 11 is 0. The Bertz CT molecular complexity index is 1430. The molecule has 0 aliphatic rings. The van der Waals surface area contributed by atoms with E-state index in [0.717, 1.165) is 10.1 Å². The zero-order valence-electron chi connectivity index (χ0n) is 18.6. The van der Waals surface area contributed by atoms with E-state index < -0.39 is 11.2 Å². The van der Waals surface area contributed by atoms with Gasteiger partial charge in [-0.2, -0.15) is 0 Å². The molecule has 0 unspecified atom stereocenters. The van der Waals surface area contributed by atoms with Crippen LogP contribution in [-0.4, -0.2) is 45.3 Å². The van der Waals surface area contributed by atoms with Gasteiger partial charge in [0.25, 0.3) is 5.56 Å². The Balaban J connectivity index is 1.88. The molecule has 4 aromatic rings. The number of benzene rings is 2. The number of methoxy groups -OCH3 is 2. The maximum atomic E-state index is 13.3. The number of carbonyl (C=O) groups is 1. The van der Waals surface area contributed by atoms with Crippen LogP contribution >= 0.6 is 0 Å². The standard InChI is InChI=1S/C24H24N4O5/c1-16-7-9-18(10-8-16)28-22-21(23(30)27(24(28)31)11-12-32-2)26(15-25-22)14-20(29)17-5-4-6-19(13-17)33-3/h4-10,13,15H,11-12,14H2,1-3H3. The lowest BCUT2D eigenvalue weighted by atomic mass is 10.1. The molecule has 0 spiro atoms. The first-order valence-corrected chi connectivity index (χ1v) is 10.4. The van der Waals surface area contributed by atoms with E-state index >= 15 is 0 Å². The van der Waals surface area contributed by atoms with Gasteiger partial charge in [0.05, 0.1) is 38.8 Å². The van der Waals surface area contributed by atoms with Gasteiger partial charge in [-0.3, -0.25) is 14.2 Å². The second kappa shape index (κ2) is 9.25. The average molecular weight is 448 g/mol. The summed E-state index contributed by atoms with van der Waals surface area (Å²) in [7, 11) is 3.03. The van der Waals surface area contributed by atoms with Gasteiger partial charge in [-0.15, -0.1) is 0 Å². The summed E-state index contributed by atoms with van der Waals surface area (Å²) in [4.78, 5) is 43.8. The van der Waals surface area contributed by atoms with Crippen LogP contribution in [0.25, 0.3) is 16.9 Å². The molecule has 0 N–H and O–H groups in total. The van der Waals surface area contributed by atoms with Gasteiger partial charge in [0.2, 0.25) is 0 Å². The van der Waals surface area contributed by atoms with Crippen molar-refractivity contribution in [1.82, 2.24) is 18.7 Å². The molecule has 0 saturated carbocycles. The van der Waals surface area contributed by atoms with Crippen LogP contribution in [-0.2, 0) is 17.8 Å². The number of imidazole rings is 1. The highest BCUT2D eigenvalue weighted by molar-refractivity contribution is 5.96. The van der Waals surface area contributed by atoms with E-state index in [9.17, 15) is 14.4 Å². The number of fused-ring (bicyclic) bond motifs is 1. The zero-order valence-corrected chi connectivity index (χ0v) is 18.6. The monoisotopic (exact) mass is 448 g/mol. The van der Waals surface area contributed by atoms with Crippen LogP contribution in [0.2, 0.25) is 0 Å². The Morgan fingerprint density at radius 2 is 1.82 bits per heavy atom. The van der Waals surface area contributed by atoms with Crippen molar-refractivity contribution in [2.45, 2.75) is 20.0 Å². The molecule has 0 fully saturated rings. The molecular weight excluding hydrogens is 424 g/mol. The fraction of sp³-hybridized carbons (Fsp3) is 0.250. The number of hydrogen-bond acceptors (Lipinski definition) is 6. The lowest BCUT2D eigenvalue weighted by Gasteiger charge is -2.13. The smallest absolute Gasteiger partial charge is 0.337 e. The Kier molecular flexibility index (Phi) is 6.23. The second-order valence-corrected chi connectivity index (χ2v) is 7.60. The van der Waals surface area contributed by atoms with E-state index in [0.29, 0.717) is 17.0 Å². The van der Waals surface area contributed by atoms with Crippen LogP contribution < -0.4 is 16.0 Å². The molecule has 0 aliphatic carbocycles. The molecule has 33 heavy (non-hydrogen) atoms. The first kappa shape index (κ1) is 22.2. The van der Waals surface area contributed by atoms with Crippen molar-refractivity contribution in [3.63, 3.8) is 0 Å². The number of aryl methyl sites for hydroxylation is 1. The van der Waals surface area contributed by atoms with Gasteiger partial charge in [0.15, 0.2) is 16.9 Å². The Morgan fingerprint density at radius 1 is 1.06 bits per heavy atom.